The van der Waals surface area contributed by atoms with Crippen molar-refractivity contribution >= 4 is 11.9 Å². The van der Waals surface area contributed by atoms with E-state index in [0.29, 0.717) is 13.0 Å². The molecule has 0 unspecified atom stereocenters. The van der Waals surface area contributed by atoms with Crippen LogP contribution in [0.15, 0.2) is 0 Å². The summed E-state index contributed by atoms with van der Waals surface area (Å²) in [6.07, 6.45) is 0.543. The number of nitrogens with two attached hydrogens (primary N) is 1. The minimum Gasteiger partial charge on any atom is -0.481 e. The molecule has 0 saturated carbocycles. The van der Waals surface area contributed by atoms with E-state index in [1.54, 1.807) is 14.0 Å². The third-order valence-electron chi connectivity index (χ3n) is 1.65. The highest BCUT2D eigenvalue weighted by Gasteiger charge is 2.12. The highest BCUT2D eigenvalue weighted by Crippen LogP contribution is 1.95. The van der Waals surface area contributed by atoms with Crippen molar-refractivity contribution in [2.75, 3.05) is 13.6 Å². The molecule has 0 aliphatic heterocycles. The molecule has 1 amide bonds. The van der Waals surface area contributed by atoms with Gasteiger partial charge in [-0.3, -0.25) is 9.59 Å². The van der Waals surface area contributed by atoms with Crippen LogP contribution in [0.5, 0.6) is 0 Å². The second-order valence-corrected chi connectivity index (χ2v) is 3.05. The normalized spacial score (nSPS) is 12.2. The Morgan fingerprint density at radius 2 is 2.08 bits per heavy atom. The largest absolute Gasteiger partial charge is 0.481 e. The highest BCUT2D eigenvalue weighted by molar-refractivity contribution is 5.80. The number of carboxylic acids is 1. The molecule has 0 heterocycles. The first kappa shape index (κ1) is 11.9. The molecule has 0 aromatic heterocycles. The van der Waals surface area contributed by atoms with Gasteiger partial charge in [0.1, 0.15) is 0 Å². The van der Waals surface area contributed by atoms with Crippen LogP contribution in [0.2, 0.25) is 0 Å². The second kappa shape index (κ2) is 5.53. The van der Waals surface area contributed by atoms with Crippen molar-refractivity contribution < 1.29 is 14.7 Å². The first-order valence-corrected chi connectivity index (χ1v) is 4.17. The van der Waals surface area contributed by atoms with Gasteiger partial charge in [-0.15, -0.1) is 0 Å². The lowest BCUT2D eigenvalue weighted by molar-refractivity contribution is -0.138. The van der Waals surface area contributed by atoms with Gasteiger partial charge in [-0.2, -0.15) is 0 Å². The van der Waals surface area contributed by atoms with Crippen LogP contribution in [0, 0.1) is 0 Å². The zero-order valence-corrected chi connectivity index (χ0v) is 7.99. The fraction of sp³-hybridized carbons (Fsp3) is 0.750. The summed E-state index contributed by atoms with van der Waals surface area (Å²) >= 11 is 0. The summed E-state index contributed by atoms with van der Waals surface area (Å²) in [4.78, 5) is 22.8. The van der Waals surface area contributed by atoms with Gasteiger partial charge < -0.3 is 15.7 Å². The van der Waals surface area contributed by atoms with Crippen LogP contribution in [-0.2, 0) is 9.59 Å². The molecule has 76 valence electrons. The van der Waals surface area contributed by atoms with Gasteiger partial charge in [0.05, 0.1) is 6.04 Å². The number of nitrogens with zero attached hydrogens (tertiary/aromatic N) is 1. The van der Waals surface area contributed by atoms with Crippen LogP contribution in [0.3, 0.4) is 0 Å². The SMILES string of the molecule is C[C@H](N)C(=O)N(C)CCCC(=O)O. The maximum absolute atomic E-state index is 11.2. The zero-order valence-electron chi connectivity index (χ0n) is 7.99. The summed E-state index contributed by atoms with van der Waals surface area (Å²) in [7, 11) is 1.62. The van der Waals surface area contributed by atoms with E-state index in [4.69, 9.17) is 10.8 Å². The number of rotatable bonds is 5. The van der Waals surface area contributed by atoms with Crippen molar-refractivity contribution in [3.8, 4) is 0 Å². The smallest absolute Gasteiger partial charge is 0.303 e. The molecule has 0 aromatic carbocycles. The van der Waals surface area contributed by atoms with Gasteiger partial charge in [-0.1, -0.05) is 0 Å². The van der Waals surface area contributed by atoms with E-state index in [1.807, 2.05) is 0 Å². The molecule has 5 nitrogen and oxygen atoms in total. The topological polar surface area (TPSA) is 83.6 Å². The quantitative estimate of drug-likeness (QED) is 0.618. The molecule has 3 N–H and O–H groups in total. The van der Waals surface area contributed by atoms with Gasteiger partial charge >= 0.3 is 5.97 Å². The molecule has 1 atom stereocenters. The lowest BCUT2D eigenvalue weighted by Gasteiger charge is -2.18. The van der Waals surface area contributed by atoms with E-state index in [-0.39, 0.29) is 12.3 Å². The Balaban J connectivity index is 3.68. The molecule has 0 radical (unpaired) electrons. The van der Waals surface area contributed by atoms with Crippen molar-refractivity contribution in [3.63, 3.8) is 0 Å². The number of amides is 1. The van der Waals surface area contributed by atoms with Gasteiger partial charge in [0.2, 0.25) is 5.91 Å². The minimum absolute atomic E-state index is 0.0799. The predicted octanol–water partition coefficient (Wildman–Crippen LogP) is -0.343. The first-order chi connectivity index (χ1) is 5.95. The van der Waals surface area contributed by atoms with Crippen molar-refractivity contribution in [2.45, 2.75) is 25.8 Å². The molecule has 0 fully saturated rings. The Morgan fingerprint density at radius 3 is 2.46 bits per heavy atom. The van der Waals surface area contributed by atoms with E-state index in [9.17, 15) is 9.59 Å². The number of aliphatic carboxylic acids is 1. The Hall–Kier alpha value is -1.10. The number of carboxylic acid groups (broad SMARTS) is 1. The third-order valence-corrected chi connectivity index (χ3v) is 1.65. The Labute approximate surface area is 77.5 Å². The van der Waals surface area contributed by atoms with Crippen LogP contribution < -0.4 is 5.73 Å². The van der Waals surface area contributed by atoms with Gasteiger partial charge in [0.15, 0.2) is 0 Å². The van der Waals surface area contributed by atoms with Crippen LogP contribution in [-0.4, -0.2) is 41.5 Å². The van der Waals surface area contributed by atoms with Crippen molar-refractivity contribution in [3.05, 3.63) is 0 Å². The summed E-state index contributed by atoms with van der Waals surface area (Å²) in [6, 6.07) is -0.519. The van der Waals surface area contributed by atoms with E-state index >= 15 is 0 Å². The van der Waals surface area contributed by atoms with Crippen molar-refractivity contribution in [1.29, 1.82) is 0 Å². The Bertz CT molecular complexity index is 192. The lowest BCUT2D eigenvalue weighted by atomic mass is 10.2. The summed E-state index contributed by atoms with van der Waals surface area (Å²) in [6.45, 7) is 2.04. The van der Waals surface area contributed by atoms with Crippen LogP contribution >= 0.6 is 0 Å². The fourth-order valence-electron chi connectivity index (χ4n) is 0.925. The number of hydrogen-bond donors (Lipinski definition) is 2. The molecule has 13 heavy (non-hydrogen) atoms. The van der Waals surface area contributed by atoms with Crippen LogP contribution in [0.1, 0.15) is 19.8 Å². The van der Waals surface area contributed by atoms with Crippen LogP contribution in [0.25, 0.3) is 0 Å². The maximum Gasteiger partial charge on any atom is 0.303 e. The summed E-state index contributed by atoms with van der Waals surface area (Å²) in [5.41, 5.74) is 5.36. The predicted molar refractivity (Wildman–Crippen MR) is 48.2 cm³/mol. The molecule has 5 heteroatoms. The molecular formula is C8H16N2O3. The number of likely N-dealkylation sites (N-methyl/N-ethyl adjacent to an activating group) is 1. The van der Waals surface area contributed by atoms with Gasteiger partial charge in [-0.25, -0.2) is 0 Å². The standard InChI is InChI=1S/C8H16N2O3/c1-6(9)8(13)10(2)5-3-4-7(11)12/h6H,3-5,9H2,1-2H3,(H,11,12)/t6-/m0/s1. The Morgan fingerprint density at radius 1 is 1.54 bits per heavy atom. The molecular weight excluding hydrogens is 172 g/mol. The second-order valence-electron chi connectivity index (χ2n) is 3.05. The average molecular weight is 188 g/mol. The molecule has 0 saturated heterocycles. The molecule has 0 aliphatic carbocycles. The minimum atomic E-state index is -0.846. The lowest BCUT2D eigenvalue weighted by Crippen LogP contribution is -2.40. The monoisotopic (exact) mass is 188 g/mol. The summed E-state index contributed by atoms with van der Waals surface area (Å²) in [5, 5.41) is 8.35. The average Bonchev–Trinajstić information content (AvgIpc) is 2.02. The first-order valence-electron chi connectivity index (χ1n) is 4.17. The van der Waals surface area contributed by atoms with E-state index in [2.05, 4.69) is 0 Å². The van der Waals surface area contributed by atoms with E-state index in [0.717, 1.165) is 0 Å². The summed E-state index contributed by atoms with van der Waals surface area (Å²) < 4.78 is 0. The van der Waals surface area contributed by atoms with Crippen molar-refractivity contribution in [1.82, 2.24) is 4.90 Å². The van der Waals surface area contributed by atoms with E-state index < -0.39 is 12.0 Å². The molecule has 0 aromatic rings. The number of carbonyl (C=O) groups is 2. The molecule has 0 spiro atoms. The molecule has 0 bridgehead atoms. The van der Waals surface area contributed by atoms with Crippen molar-refractivity contribution in [2.24, 2.45) is 5.73 Å². The third kappa shape index (κ3) is 5.19. The molecule has 0 rings (SSSR count). The Kier molecular flexibility index (Phi) is 5.06. The van der Waals surface area contributed by atoms with Crippen LogP contribution in [0.4, 0.5) is 0 Å². The number of carbonyl (C=O) groups excluding carboxylic acids is 1. The van der Waals surface area contributed by atoms with E-state index in [1.165, 1.54) is 4.90 Å². The number of hydrogen-bond acceptors (Lipinski definition) is 3. The summed E-state index contributed by atoms with van der Waals surface area (Å²) in [5.74, 6) is -1.01. The zero-order chi connectivity index (χ0) is 10.4. The van der Waals surface area contributed by atoms with Gasteiger partial charge in [0, 0.05) is 20.0 Å². The maximum atomic E-state index is 11.2. The van der Waals surface area contributed by atoms with Gasteiger partial charge in [-0.05, 0) is 13.3 Å². The molecule has 0 aliphatic rings. The fourth-order valence-corrected chi connectivity index (χ4v) is 0.925. The highest BCUT2D eigenvalue weighted by atomic mass is 16.4. The van der Waals surface area contributed by atoms with Gasteiger partial charge in [0.25, 0.3) is 0 Å².